The number of hydrogen-bond donors (Lipinski definition) is 0. The molecule has 1 aliphatic heterocycles. The van der Waals surface area contributed by atoms with Gasteiger partial charge in [-0.3, -0.25) is 18.9 Å². The second-order valence-electron chi connectivity index (χ2n) is 6.65. The molecule has 1 aliphatic carbocycles. The zero-order valence-corrected chi connectivity index (χ0v) is 14.5. The van der Waals surface area contributed by atoms with E-state index in [0.29, 0.717) is 24.1 Å². The zero-order valence-electron chi connectivity index (χ0n) is 13.7. The normalized spacial score (nSPS) is 20.6. The first-order chi connectivity index (χ1) is 11.7. The van der Waals surface area contributed by atoms with E-state index < -0.39 is 0 Å². The molecule has 1 amide bonds. The van der Waals surface area contributed by atoms with Crippen LogP contribution in [-0.2, 0) is 0 Å². The van der Waals surface area contributed by atoms with Crippen molar-refractivity contribution in [1.29, 1.82) is 0 Å². The predicted octanol–water partition coefficient (Wildman–Crippen LogP) is 1.85. The third kappa shape index (κ3) is 2.86. The summed E-state index contributed by atoms with van der Waals surface area (Å²) in [5.74, 6) is -0.179. The van der Waals surface area contributed by atoms with Gasteiger partial charge in [0.1, 0.15) is 5.56 Å². The maximum atomic E-state index is 12.8. The summed E-state index contributed by atoms with van der Waals surface area (Å²) < 4.78 is 1.46. The van der Waals surface area contributed by atoms with Gasteiger partial charge in [0.25, 0.3) is 11.5 Å². The number of amides is 1. The molecule has 128 valence electrons. The highest BCUT2D eigenvalue weighted by Crippen LogP contribution is 2.24. The Kier molecular flexibility index (Phi) is 4.37. The number of hydrogen-bond acceptors (Lipinski definition) is 5. The first-order valence-electron chi connectivity index (χ1n) is 8.72. The molecule has 0 radical (unpaired) electrons. The van der Waals surface area contributed by atoms with E-state index in [0.717, 1.165) is 19.5 Å². The van der Waals surface area contributed by atoms with Gasteiger partial charge in [-0.2, -0.15) is 0 Å². The number of carbonyl (C=O) groups excluding carboxylic acids is 1. The van der Waals surface area contributed by atoms with Crippen molar-refractivity contribution in [3.63, 3.8) is 0 Å². The SMILES string of the molecule is O=C(c1cnc2sccn2c1=O)N1CCCN(C2CCCC2)CC1. The van der Waals surface area contributed by atoms with Crippen LogP contribution in [0.3, 0.4) is 0 Å². The van der Waals surface area contributed by atoms with Gasteiger partial charge in [0.2, 0.25) is 0 Å². The molecular formula is C17H22N4O2S. The highest BCUT2D eigenvalue weighted by Gasteiger charge is 2.27. The van der Waals surface area contributed by atoms with Crippen LogP contribution >= 0.6 is 11.3 Å². The molecule has 2 fully saturated rings. The van der Waals surface area contributed by atoms with Crippen LogP contribution in [0.15, 0.2) is 22.6 Å². The lowest BCUT2D eigenvalue weighted by atomic mass is 10.2. The fourth-order valence-electron chi connectivity index (χ4n) is 3.92. The van der Waals surface area contributed by atoms with Gasteiger partial charge in [0, 0.05) is 50.0 Å². The fraction of sp³-hybridized carbons (Fsp3) is 0.588. The summed E-state index contributed by atoms with van der Waals surface area (Å²) in [6.07, 6.45) is 9.31. The van der Waals surface area contributed by atoms with Gasteiger partial charge < -0.3 is 4.90 Å². The number of aromatic nitrogens is 2. The van der Waals surface area contributed by atoms with Crippen molar-refractivity contribution in [2.24, 2.45) is 0 Å². The van der Waals surface area contributed by atoms with E-state index in [1.54, 1.807) is 6.20 Å². The summed E-state index contributed by atoms with van der Waals surface area (Å²) in [6.45, 7) is 3.37. The Labute approximate surface area is 144 Å². The van der Waals surface area contributed by atoms with Crippen LogP contribution in [0.4, 0.5) is 0 Å². The van der Waals surface area contributed by atoms with Crippen LogP contribution in [0.2, 0.25) is 0 Å². The number of nitrogens with zero attached hydrogens (tertiary/aromatic N) is 4. The smallest absolute Gasteiger partial charge is 0.271 e. The van der Waals surface area contributed by atoms with Gasteiger partial charge in [-0.1, -0.05) is 12.8 Å². The topological polar surface area (TPSA) is 57.9 Å². The average molecular weight is 346 g/mol. The van der Waals surface area contributed by atoms with Crippen molar-refractivity contribution in [2.45, 2.75) is 38.1 Å². The Morgan fingerprint density at radius 1 is 1.12 bits per heavy atom. The van der Waals surface area contributed by atoms with Gasteiger partial charge in [-0.15, -0.1) is 11.3 Å². The summed E-state index contributed by atoms with van der Waals surface area (Å²) in [5.41, 5.74) is -0.0802. The fourth-order valence-corrected chi connectivity index (χ4v) is 4.59. The van der Waals surface area contributed by atoms with Crippen molar-refractivity contribution < 1.29 is 4.79 Å². The minimum Gasteiger partial charge on any atom is -0.337 e. The van der Waals surface area contributed by atoms with Gasteiger partial charge in [0.15, 0.2) is 4.96 Å². The first-order valence-corrected chi connectivity index (χ1v) is 9.60. The Hall–Kier alpha value is -1.73. The second-order valence-corrected chi connectivity index (χ2v) is 7.53. The number of rotatable bonds is 2. The van der Waals surface area contributed by atoms with E-state index in [9.17, 15) is 9.59 Å². The van der Waals surface area contributed by atoms with Crippen LogP contribution in [0.1, 0.15) is 42.5 Å². The monoisotopic (exact) mass is 346 g/mol. The molecule has 1 saturated carbocycles. The van der Waals surface area contributed by atoms with Gasteiger partial charge in [0.05, 0.1) is 0 Å². The largest absolute Gasteiger partial charge is 0.337 e. The van der Waals surface area contributed by atoms with E-state index in [2.05, 4.69) is 9.88 Å². The Morgan fingerprint density at radius 3 is 2.79 bits per heavy atom. The minimum absolute atomic E-state index is 0.179. The number of fused-ring (bicyclic) bond motifs is 1. The van der Waals surface area contributed by atoms with E-state index in [1.807, 2.05) is 10.3 Å². The lowest BCUT2D eigenvalue weighted by Gasteiger charge is -2.27. The van der Waals surface area contributed by atoms with Crippen molar-refractivity contribution >= 4 is 22.2 Å². The molecule has 2 aliphatic rings. The van der Waals surface area contributed by atoms with Gasteiger partial charge in [-0.25, -0.2) is 4.98 Å². The maximum absolute atomic E-state index is 12.8. The van der Waals surface area contributed by atoms with Crippen LogP contribution in [-0.4, -0.2) is 57.3 Å². The van der Waals surface area contributed by atoms with Gasteiger partial charge in [-0.05, 0) is 19.3 Å². The molecule has 0 unspecified atom stereocenters. The molecule has 0 bridgehead atoms. The molecule has 6 nitrogen and oxygen atoms in total. The standard InChI is InChI=1S/C17H22N4O2S/c22-15(14-12-18-17-21(16(14)23)10-11-24-17)20-7-3-6-19(8-9-20)13-4-1-2-5-13/h10-13H,1-9H2. The van der Waals surface area contributed by atoms with Crippen LogP contribution < -0.4 is 5.56 Å². The highest BCUT2D eigenvalue weighted by molar-refractivity contribution is 7.15. The Balaban J connectivity index is 1.51. The first kappa shape index (κ1) is 15.8. The van der Waals surface area contributed by atoms with Crippen LogP contribution in [0, 0.1) is 0 Å². The molecule has 1 saturated heterocycles. The molecule has 0 spiro atoms. The molecular weight excluding hydrogens is 324 g/mol. The van der Waals surface area contributed by atoms with E-state index >= 15 is 0 Å². The summed E-state index contributed by atoms with van der Waals surface area (Å²) >= 11 is 1.40. The molecule has 4 rings (SSSR count). The second kappa shape index (κ2) is 6.64. The molecule has 7 heteroatoms. The van der Waals surface area contributed by atoms with Crippen molar-refractivity contribution in [2.75, 3.05) is 26.2 Å². The van der Waals surface area contributed by atoms with Gasteiger partial charge >= 0.3 is 0 Å². The lowest BCUT2D eigenvalue weighted by Crippen LogP contribution is -2.40. The Bertz CT molecular complexity index is 793. The Morgan fingerprint density at radius 2 is 1.96 bits per heavy atom. The molecule has 2 aromatic heterocycles. The molecule has 0 atom stereocenters. The zero-order chi connectivity index (χ0) is 16.5. The third-order valence-electron chi connectivity index (χ3n) is 5.23. The van der Waals surface area contributed by atoms with E-state index in [1.165, 1.54) is 47.6 Å². The average Bonchev–Trinajstić information content (AvgIpc) is 3.23. The van der Waals surface area contributed by atoms with Crippen LogP contribution in [0.25, 0.3) is 4.96 Å². The third-order valence-corrected chi connectivity index (χ3v) is 6.00. The van der Waals surface area contributed by atoms with Crippen molar-refractivity contribution in [1.82, 2.24) is 19.2 Å². The molecule has 2 aromatic rings. The van der Waals surface area contributed by atoms with Crippen molar-refractivity contribution in [3.8, 4) is 0 Å². The quantitative estimate of drug-likeness (QED) is 0.833. The van der Waals surface area contributed by atoms with E-state index in [4.69, 9.17) is 0 Å². The number of thiazole rings is 1. The summed E-state index contributed by atoms with van der Waals surface area (Å²) in [7, 11) is 0. The highest BCUT2D eigenvalue weighted by atomic mass is 32.1. The van der Waals surface area contributed by atoms with E-state index in [-0.39, 0.29) is 17.0 Å². The number of carbonyl (C=O) groups is 1. The predicted molar refractivity (Wildman–Crippen MR) is 93.7 cm³/mol. The van der Waals surface area contributed by atoms with Crippen molar-refractivity contribution in [3.05, 3.63) is 33.7 Å². The lowest BCUT2D eigenvalue weighted by molar-refractivity contribution is 0.0755. The maximum Gasteiger partial charge on any atom is 0.271 e. The summed E-state index contributed by atoms with van der Waals surface area (Å²) in [5, 5.41) is 1.81. The van der Waals surface area contributed by atoms with Crippen LogP contribution in [0.5, 0.6) is 0 Å². The molecule has 0 N–H and O–H groups in total. The molecule has 3 heterocycles. The summed E-state index contributed by atoms with van der Waals surface area (Å²) in [4.78, 5) is 34.6. The summed E-state index contributed by atoms with van der Waals surface area (Å²) in [6, 6.07) is 0.689. The molecule has 24 heavy (non-hydrogen) atoms. The molecule has 0 aromatic carbocycles. The minimum atomic E-state index is -0.261.